The Labute approximate surface area is 173 Å². The van der Waals surface area contributed by atoms with Gasteiger partial charge in [0.15, 0.2) is 0 Å². The number of alkyl halides is 3. The molecular weight excluding hydrogens is 425 g/mol. The maximum atomic E-state index is 12.8. The lowest BCUT2D eigenvalue weighted by Gasteiger charge is -2.13. The second-order valence-corrected chi connectivity index (χ2v) is 7.85. The lowest BCUT2D eigenvalue weighted by Crippen LogP contribution is -2.29. The number of rotatable bonds is 6. The number of nitrogens with zero attached hydrogens (tertiary/aromatic N) is 2. The molecule has 152 valence electrons. The summed E-state index contributed by atoms with van der Waals surface area (Å²) in [5, 5.41) is 8.72. The van der Waals surface area contributed by atoms with Gasteiger partial charge >= 0.3 is 12.1 Å². The summed E-state index contributed by atoms with van der Waals surface area (Å²) >= 11 is 6.32. The molecule has 1 N–H and O–H groups in total. The van der Waals surface area contributed by atoms with Gasteiger partial charge in [-0.05, 0) is 48.9 Å². The molecule has 5 nitrogen and oxygen atoms in total. The van der Waals surface area contributed by atoms with Gasteiger partial charge in [0, 0.05) is 30.5 Å². The molecule has 0 unspecified atom stereocenters. The first-order valence-corrected chi connectivity index (χ1v) is 9.71. The van der Waals surface area contributed by atoms with Crippen LogP contribution in [0.3, 0.4) is 0 Å². The molecule has 0 spiro atoms. The van der Waals surface area contributed by atoms with E-state index in [2.05, 4.69) is 0 Å². The van der Waals surface area contributed by atoms with Crippen molar-refractivity contribution in [3.05, 3.63) is 58.8 Å². The monoisotopic (exact) mass is 440 g/mol. The molecule has 10 heteroatoms. The molecule has 1 aliphatic heterocycles. The molecule has 1 aromatic heterocycles. The molecule has 1 aliphatic rings. The third-order valence-electron chi connectivity index (χ3n) is 4.18. The average molecular weight is 440 g/mol. The molecule has 1 fully saturated rings. The van der Waals surface area contributed by atoms with Crippen molar-refractivity contribution < 1.29 is 27.9 Å². The summed E-state index contributed by atoms with van der Waals surface area (Å²) in [5.74, 6) is -1.26. The van der Waals surface area contributed by atoms with Gasteiger partial charge in [-0.25, -0.2) is 0 Å². The van der Waals surface area contributed by atoms with Gasteiger partial charge in [-0.3, -0.25) is 14.5 Å². The molecule has 29 heavy (non-hydrogen) atoms. The van der Waals surface area contributed by atoms with Crippen molar-refractivity contribution in [1.82, 2.24) is 9.47 Å². The first-order valence-electron chi connectivity index (χ1n) is 8.49. The number of carbonyl (C=O) groups excluding carboxylic acids is 1. The molecule has 3 rings (SSSR count). The normalized spacial score (nSPS) is 16.1. The smallest absolute Gasteiger partial charge is 0.416 e. The Hall–Kier alpha value is -2.59. The highest BCUT2D eigenvalue weighted by Crippen LogP contribution is 2.34. The first-order chi connectivity index (χ1) is 13.7. The minimum absolute atomic E-state index is 0.0626. The fraction of sp³-hybridized carbons (Fsp3) is 0.211. The molecule has 1 aromatic carbocycles. The molecule has 0 saturated carbocycles. The number of amides is 1. The number of hydrogen-bond donors (Lipinski definition) is 1. The van der Waals surface area contributed by atoms with Gasteiger partial charge < -0.3 is 9.67 Å². The molecule has 0 bridgehead atoms. The summed E-state index contributed by atoms with van der Waals surface area (Å²) < 4.78 is 40.3. The van der Waals surface area contributed by atoms with Crippen LogP contribution < -0.4 is 0 Å². The summed E-state index contributed by atoms with van der Waals surface area (Å²) in [4.78, 5) is 25.0. The zero-order chi connectivity index (χ0) is 21.2. The van der Waals surface area contributed by atoms with E-state index in [9.17, 15) is 22.8 Å². The quantitative estimate of drug-likeness (QED) is 0.527. The van der Waals surface area contributed by atoms with Crippen LogP contribution in [0.15, 0.2) is 47.5 Å². The molecule has 1 amide bonds. The van der Waals surface area contributed by atoms with Gasteiger partial charge in [0.2, 0.25) is 0 Å². The maximum Gasteiger partial charge on any atom is 0.416 e. The summed E-state index contributed by atoms with van der Waals surface area (Å²) in [6, 6.07) is 8.17. The van der Waals surface area contributed by atoms with E-state index in [4.69, 9.17) is 17.3 Å². The lowest BCUT2D eigenvalue weighted by molar-refractivity contribution is -0.138. The van der Waals surface area contributed by atoms with Crippen LogP contribution in [0.4, 0.5) is 13.2 Å². The molecule has 2 aromatic rings. The third-order valence-corrected chi connectivity index (χ3v) is 5.56. The number of aromatic nitrogens is 1. The van der Waals surface area contributed by atoms with Crippen LogP contribution >= 0.6 is 24.0 Å². The first kappa shape index (κ1) is 21.1. The van der Waals surface area contributed by atoms with Gasteiger partial charge in [-0.2, -0.15) is 13.2 Å². The van der Waals surface area contributed by atoms with E-state index in [0.717, 1.165) is 23.9 Å². The second kappa shape index (κ2) is 8.42. The summed E-state index contributed by atoms with van der Waals surface area (Å²) in [5.41, 5.74) is 0.388. The minimum atomic E-state index is -4.41. The van der Waals surface area contributed by atoms with Crippen LogP contribution in [0, 0.1) is 0 Å². The Bertz CT molecular complexity index is 981. The van der Waals surface area contributed by atoms with Crippen LogP contribution in [-0.2, 0) is 15.8 Å². The van der Waals surface area contributed by atoms with E-state index in [1.807, 2.05) is 0 Å². The standard InChI is InChI=1S/C19H15F3N2O3S2/c20-19(21,22)12-5-7-13(8-6-12)23-9-1-3-14(23)11-15-17(27)24(18(28)29-15)10-2-4-16(25)26/h1,3,5-9,11H,2,4,10H2,(H,25,26)/b15-11+. The highest BCUT2D eigenvalue weighted by Gasteiger charge is 2.32. The number of thiocarbonyl (C=S) groups is 1. The van der Waals surface area contributed by atoms with E-state index in [1.165, 1.54) is 17.0 Å². The fourth-order valence-corrected chi connectivity index (χ4v) is 4.07. The highest BCUT2D eigenvalue weighted by molar-refractivity contribution is 8.26. The molecular formula is C19H15F3N2O3S2. The van der Waals surface area contributed by atoms with Crippen LogP contribution in [-0.4, -0.2) is 37.3 Å². The van der Waals surface area contributed by atoms with Crippen molar-refractivity contribution in [3.8, 4) is 5.69 Å². The van der Waals surface area contributed by atoms with Gasteiger partial charge in [-0.1, -0.05) is 24.0 Å². The zero-order valence-corrected chi connectivity index (χ0v) is 16.5. The third kappa shape index (κ3) is 4.88. The molecule has 0 radical (unpaired) electrons. The fourth-order valence-electron chi connectivity index (χ4n) is 2.77. The number of halogens is 3. The van der Waals surface area contributed by atoms with Crippen LogP contribution in [0.2, 0.25) is 0 Å². The SMILES string of the molecule is O=C(O)CCCN1C(=O)/C(=C\c2cccn2-c2ccc(C(F)(F)F)cc2)SC1=S. The number of carboxylic acid groups (broad SMARTS) is 1. The van der Waals surface area contributed by atoms with Crippen molar-refractivity contribution in [2.24, 2.45) is 0 Å². The van der Waals surface area contributed by atoms with Gasteiger partial charge in [-0.15, -0.1) is 0 Å². The summed E-state index contributed by atoms with van der Waals surface area (Å²) in [7, 11) is 0. The predicted octanol–water partition coefficient (Wildman–Crippen LogP) is 4.56. The summed E-state index contributed by atoms with van der Waals surface area (Å²) in [6.07, 6.45) is -0.882. The molecule has 0 aliphatic carbocycles. The molecule has 1 saturated heterocycles. The Balaban J connectivity index is 1.80. The lowest BCUT2D eigenvalue weighted by atomic mass is 10.2. The highest BCUT2D eigenvalue weighted by atomic mass is 32.2. The van der Waals surface area contributed by atoms with Crippen LogP contribution in [0.25, 0.3) is 11.8 Å². The number of carboxylic acids is 1. The van der Waals surface area contributed by atoms with Crippen molar-refractivity contribution in [3.63, 3.8) is 0 Å². The van der Waals surface area contributed by atoms with Crippen molar-refractivity contribution >= 4 is 46.3 Å². The van der Waals surface area contributed by atoms with E-state index < -0.39 is 17.7 Å². The number of thioether (sulfide) groups is 1. The Morgan fingerprint density at radius 1 is 1.21 bits per heavy atom. The Kier molecular flexibility index (Phi) is 6.13. The van der Waals surface area contributed by atoms with E-state index in [1.54, 1.807) is 29.0 Å². The number of carbonyl (C=O) groups is 2. The van der Waals surface area contributed by atoms with Crippen LogP contribution in [0.1, 0.15) is 24.1 Å². The second-order valence-electron chi connectivity index (χ2n) is 6.18. The largest absolute Gasteiger partial charge is 0.481 e. The maximum absolute atomic E-state index is 12.8. The summed E-state index contributed by atoms with van der Waals surface area (Å²) in [6.45, 7) is 0.216. The van der Waals surface area contributed by atoms with Gasteiger partial charge in [0.25, 0.3) is 5.91 Å². The van der Waals surface area contributed by atoms with Gasteiger partial charge in [0.05, 0.1) is 10.5 Å². The van der Waals surface area contributed by atoms with Crippen molar-refractivity contribution in [1.29, 1.82) is 0 Å². The Morgan fingerprint density at radius 2 is 1.90 bits per heavy atom. The van der Waals surface area contributed by atoms with Crippen LogP contribution in [0.5, 0.6) is 0 Å². The topological polar surface area (TPSA) is 62.5 Å². The zero-order valence-electron chi connectivity index (χ0n) is 14.8. The van der Waals surface area contributed by atoms with Gasteiger partial charge in [0.1, 0.15) is 4.32 Å². The molecule has 2 heterocycles. The van der Waals surface area contributed by atoms with E-state index >= 15 is 0 Å². The van der Waals surface area contributed by atoms with E-state index in [-0.39, 0.29) is 25.3 Å². The minimum Gasteiger partial charge on any atom is -0.481 e. The number of aliphatic carboxylic acids is 1. The Morgan fingerprint density at radius 3 is 2.52 bits per heavy atom. The predicted molar refractivity (Wildman–Crippen MR) is 108 cm³/mol. The van der Waals surface area contributed by atoms with Crippen molar-refractivity contribution in [2.45, 2.75) is 19.0 Å². The van der Waals surface area contributed by atoms with E-state index in [0.29, 0.717) is 20.6 Å². The van der Waals surface area contributed by atoms with Crippen molar-refractivity contribution in [2.75, 3.05) is 6.54 Å². The number of benzene rings is 1. The average Bonchev–Trinajstić information content (AvgIpc) is 3.21. The molecule has 0 atom stereocenters. The number of hydrogen-bond acceptors (Lipinski definition) is 4.